The summed E-state index contributed by atoms with van der Waals surface area (Å²) in [5, 5.41) is 0.535. The number of aryl methyl sites for hydroxylation is 1. The maximum atomic E-state index is 12.9. The van der Waals surface area contributed by atoms with E-state index in [1.165, 1.54) is 0 Å². The van der Waals surface area contributed by atoms with E-state index in [1.54, 1.807) is 42.0 Å². The van der Waals surface area contributed by atoms with Gasteiger partial charge in [-0.25, -0.2) is 0 Å². The van der Waals surface area contributed by atoms with Gasteiger partial charge in [0.25, 0.3) is 0 Å². The first-order valence-electron chi connectivity index (χ1n) is 8.99. The summed E-state index contributed by atoms with van der Waals surface area (Å²) in [4.78, 5) is 28.9. The summed E-state index contributed by atoms with van der Waals surface area (Å²) in [5.74, 6) is 0.455. The summed E-state index contributed by atoms with van der Waals surface area (Å²) >= 11 is 6.10. The van der Waals surface area contributed by atoms with E-state index in [2.05, 4.69) is 0 Å². The van der Waals surface area contributed by atoms with Crippen LogP contribution in [-0.4, -0.2) is 43.0 Å². The van der Waals surface area contributed by atoms with Crippen molar-refractivity contribution in [3.05, 3.63) is 59.1 Å². The fourth-order valence-electron chi connectivity index (χ4n) is 3.36. The molecule has 1 heterocycles. The van der Waals surface area contributed by atoms with Gasteiger partial charge in [0.15, 0.2) is 0 Å². The average molecular weight is 387 g/mol. The third-order valence-corrected chi connectivity index (χ3v) is 5.11. The van der Waals surface area contributed by atoms with Gasteiger partial charge in [-0.2, -0.15) is 0 Å². The van der Waals surface area contributed by atoms with Gasteiger partial charge >= 0.3 is 0 Å². The van der Waals surface area contributed by atoms with E-state index in [0.29, 0.717) is 42.4 Å². The normalized spacial score (nSPS) is 17.1. The Bertz CT molecular complexity index is 825. The second kappa shape index (κ2) is 8.44. The Labute approximate surface area is 164 Å². The molecule has 1 aliphatic heterocycles. The smallest absolute Gasteiger partial charge is 0.249 e. The predicted octanol–water partition coefficient (Wildman–Crippen LogP) is 3.55. The molecule has 2 aromatic carbocycles. The van der Waals surface area contributed by atoms with Crippen molar-refractivity contribution in [3.63, 3.8) is 0 Å². The second-order valence-corrected chi connectivity index (χ2v) is 6.99. The number of carbonyl (C=O) groups is 2. The van der Waals surface area contributed by atoms with Crippen molar-refractivity contribution in [2.45, 2.75) is 25.8 Å². The van der Waals surface area contributed by atoms with Gasteiger partial charge in [-0.05, 0) is 37.1 Å². The Kier molecular flexibility index (Phi) is 6.01. The zero-order valence-corrected chi connectivity index (χ0v) is 16.3. The summed E-state index contributed by atoms with van der Waals surface area (Å²) in [6, 6.07) is 14.6. The van der Waals surface area contributed by atoms with Gasteiger partial charge in [0.2, 0.25) is 11.8 Å². The minimum Gasteiger partial charge on any atom is -0.495 e. The molecule has 0 radical (unpaired) electrons. The van der Waals surface area contributed by atoms with Crippen molar-refractivity contribution in [1.82, 2.24) is 4.90 Å². The number of anilines is 1. The quantitative estimate of drug-likeness (QED) is 0.789. The zero-order valence-electron chi connectivity index (χ0n) is 15.5. The number of ether oxygens (including phenoxy) is 1. The van der Waals surface area contributed by atoms with Crippen LogP contribution >= 0.6 is 11.6 Å². The third kappa shape index (κ3) is 4.25. The number of rotatable bonds is 5. The number of carbonyl (C=O) groups excluding carboxylic acids is 2. The number of nitrogens with zero attached hydrogens (tertiary/aromatic N) is 2. The van der Waals surface area contributed by atoms with Crippen LogP contribution in [0.1, 0.15) is 18.9 Å². The van der Waals surface area contributed by atoms with Gasteiger partial charge in [0, 0.05) is 24.5 Å². The molecule has 1 fully saturated rings. The second-order valence-electron chi connectivity index (χ2n) is 6.55. The van der Waals surface area contributed by atoms with Gasteiger partial charge in [0.1, 0.15) is 11.8 Å². The third-order valence-electron chi connectivity index (χ3n) is 4.88. The lowest BCUT2D eigenvalue weighted by Crippen LogP contribution is -2.57. The average Bonchev–Trinajstić information content (AvgIpc) is 2.69. The molecule has 2 amide bonds. The van der Waals surface area contributed by atoms with E-state index in [1.807, 2.05) is 30.3 Å². The summed E-state index contributed by atoms with van der Waals surface area (Å²) < 4.78 is 5.37. The van der Waals surface area contributed by atoms with E-state index in [-0.39, 0.29) is 11.8 Å². The number of halogens is 1. The molecule has 3 rings (SSSR count). The maximum Gasteiger partial charge on any atom is 0.249 e. The first kappa shape index (κ1) is 19.2. The molecule has 0 aliphatic carbocycles. The monoisotopic (exact) mass is 386 g/mol. The molecule has 1 atom stereocenters. The summed E-state index contributed by atoms with van der Waals surface area (Å²) in [7, 11) is 1.56. The highest BCUT2D eigenvalue weighted by molar-refractivity contribution is 6.31. The van der Waals surface area contributed by atoms with Crippen LogP contribution in [0.4, 0.5) is 5.69 Å². The first-order chi connectivity index (χ1) is 13.0. The lowest BCUT2D eigenvalue weighted by atomic mass is 10.1. The number of methoxy groups -OCH3 is 1. The molecule has 142 valence electrons. The predicted molar refractivity (Wildman–Crippen MR) is 106 cm³/mol. The van der Waals surface area contributed by atoms with Gasteiger partial charge in [0.05, 0.1) is 12.8 Å². The van der Waals surface area contributed by atoms with Crippen LogP contribution < -0.4 is 9.64 Å². The molecule has 0 spiro atoms. The van der Waals surface area contributed by atoms with Crippen LogP contribution in [0.3, 0.4) is 0 Å². The largest absolute Gasteiger partial charge is 0.495 e. The molecular formula is C21H23ClN2O3. The molecule has 1 saturated heterocycles. The van der Waals surface area contributed by atoms with Crippen molar-refractivity contribution in [1.29, 1.82) is 0 Å². The summed E-state index contributed by atoms with van der Waals surface area (Å²) in [6.07, 6.45) is 1.06. The highest BCUT2D eigenvalue weighted by atomic mass is 35.5. The van der Waals surface area contributed by atoms with Crippen molar-refractivity contribution in [2.75, 3.05) is 25.1 Å². The highest BCUT2D eigenvalue weighted by Crippen LogP contribution is 2.33. The van der Waals surface area contributed by atoms with Gasteiger partial charge in [-0.15, -0.1) is 0 Å². The summed E-state index contributed by atoms with van der Waals surface area (Å²) in [6.45, 7) is 2.67. The molecule has 0 aromatic heterocycles. The molecule has 0 bridgehead atoms. The molecule has 27 heavy (non-hydrogen) atoms. The highest BCUT2D eigenvalue weighted by Gasteiger charge is 2.35. The molecule has 2 aromatic rings. The number of benzene rings is 2. The molecule has 5 nitrogen and oxygen atoms in total. The van der Waals surface area contributed by atoms with Crippen LogP contribution in [0.15, 0.2) is 48.5 Å². The van der Waals surface area contributed by atoms with Crippen molar-refractivity contribution >= 4 is 29.1 Å². The number of hydrogen-bond donors (Lipinski definition) is 0. The van der Waals surface area contributed by atoms with Crippen molar-refractivity contribution in [2.24, 2.45) is 0 Å². The fourth-order valence-corrected chi connectivity index (χ4v) is 3.53. The fraction of sp³-hybridized carbons (Fsp3) is 0.333. The van der Waals surface area contributed by atoms with Crippen LogP contribution in [-0.2, 0) is 16.0 Å². The lowest BCUT2D eigenvalue weighted by Gasteiger charge is -2.39. The van der Waals surface area contributed by atoms with Gasteiger partial charge in [-0.1, -0.05) is 41.9 Å². The standard InChI is InChI=1S/C21H23ClN2O3/c1-15-21(26)24(18-14-17(22)9-10-19(18)27-2)13-12-23(15)20(25)11-8-16-6-4-3-5-7-16/h3-7,9-10,14-15H,8,11-13H2,1-2H3/t15-/m0/s1. The zero-order chi connectivity index (χ0) is 19.4. The Hall–Kier alpha value is -2.53. The van der Waals surface area contributed by atoms with E-state index in [9.17, 15) is 9.59 Å². The SMILES string of the molecule is COc1ccc(Cl)cc1N1CCN(C(=O)CCc2ccccc2)[C@@H](C)C1=O. The van der Waals surface area contributed by atoms with Crippen LogP contribution in [0.25, 0.3) is 0 Å². The molecular weight excluding hydrogens is 364 g/mol. The van der Waals surface area contributed by atoms with E-state index >= 15 is 0 Å². The number of hydrogen-bond acceptors (Lipinski definition) is 3. The van der Waals surface area contributed by atoms with Gasteiger partial charge < -0.3 is 14.5 Å². The van der Waals surface area contributed by atoms with Crippen LogP contribution in [0.2, 0.25) is 5.02 Å². The van der Waals surface area contributed by atoms with Crippen LogP contribution in [0, 0.1) is 0 Å². The lowest BCUT2D eigenvalue weighted by molar-refractivity contribution is -0.140. The Morgan fingerprint density at radius 3 is 2.63 bits per heavy atom. The van der Waals surface area contributed by atoms with E-state index in [0.717, 1.165) is 5.56 Å². The number of piperazine rings is 1. The minimum absolute atomic E-state index is 0.00240. The summed E-state index contributed by atoms with van der Waals surface area (Å²) in [5.41, 5.74) is 1.75. The molecule has 1 aliphatic rings. The molecule has 0 N–H and O–H groups in total. The minimum atomic E-state index is -0.522. The van der Waals surface area contributed by atoms with Crippen molar-refractivity contribution in [3.8, 4) is 5.75 Å². The molecule has 0 unspecified atom stereocenters. The van der Waals surface area contributed by atoms with Crippen LogP contribution in [0.5, 0.6) is 5.75 Å². The topological polar surface area (TPSA) is 49.9 Å². The molecule has 6 heteroatoms. The Morgan fingerprint density at radius 1 is 1.19 bits per heavy atom. The maximum absolute atomic E-state index is 12.9. The first-order valence-corrected chi connectivity index (χ1v) is 9.37. The molecule has 0 saturated carbocycles. The van der Waals surface area contributed by atoms with E-state index in [4.69, 9.17) is 16.3 Å². The van der Waals surface area contributed by atoms with Gasteiger partial charge in [-0.3, -0.25) is 9.59 Å². The Balaban J connectivity index is 1.69. The van der Waals surface area contributed by atoms with Crippen molar-refractivity contribution < 1.29 is 14.3 Å². The number of amides is 2. The van der Waals surface area contributed by atoms with E-state index < -0.39 is 6.04 Å². The Morgan fingerprint density at radius 2 is 1.93 bits per heavy atom.